The van der Waals surface area contributed by atoms with E-state index in [4.69, 9.17) is 5.11 Å². The molecule has 1 aromatic rings. The third-order valence-electron chi connectivity index (χ3n) is 3.60. The van der Waals surface area contributed by atoms with E-state index in [1.807, 2.05) is 0 Å². The minimum Gasteiger partial charge on any atom is -0.477 e. The Kier molecular flexibility index (Phi) is 5.95. The first-order valence-corrected chi connectivity index (χ1v) is 9.25. The van der Waals surface area contributed by atoms with Crippen molar-refractivity contribution >= 4 is 27.3 Å². The zero-order chi connectivity index (χ0) is 16.4. The molecule has 0 saturated heterocycles. The Morgan fingerprint density at radius 3 is 2.24 bits per heavy atom. The van der Waals surface area contributed by atoms with Crippen molar-refractivity contribution in [2.24, 2.45) is 17.8 Å². The van der Waals surface area contributed by atoms with E-state index < -0.39 is 16.0 Å². The zero-order valence-corrected chi connectivity index (χ0v) is 14.6. The summed E-state index contributed by atoms with van der Waals surface area (Å²) in [7, 11) is -3.81. The van der Waals surface area contributed by atoms with Crippen LogP contribution in [0.3, 0.4) is 0 Å². The molecule has 0 spiro atoms. The molecule has 1 rings (SSSR count). The second-order valence-corrected chi connectivity index (χ2v) is 8.47. The van der Waals surface area contributed by atoms with E-state index in [1.165, 1.54) is 0 Å². The summed E-state index contributed by atoms with van der Waals surface area (Å²) in [6, 6.07) is 0. The van der Waals surface area contributed by atoms with Crippen LogP contribution in [0.25, 0.3) is 0 Å². The molecule has 0 aromatic carbocycles. The molecule has 0 radical (unpaired) electrons. The molecule has 0 amide bonds. The van der Waals surface area contributed by atoms with Crippen molar-refractivity contribution in [2.75, 3.05) is 6.54 Å². The van der Waals surface area contributed by atoms with Crippen molar-refractivity contribution in [1.29, 1.82) is 0 Å². The van der Waals surface area contributed by atoms with E-state index >= 15 is 0 Å². The molecule has 0 aliphatic carbocycles. The van der Waals surface area contributed by atoms with Crippen LogP contribution in [0.1, 0.15) is 42.9 Å². The van der Waals surface area contributed by atoms with Crippen LogP contribution in [0.5, 0.6) is 0 Å². The van der Waals surface area contributed by atoms with E-state index in [0.29, 0.717) is 23.9 Å². The van der Waals surface area contributed by atoms with E-state index in [9.17, 15) is 13.2 Å². The predicted molar refractivity (Wildman–Crippen MR) is 84.4 cm³/mol. The summed E-state index contributed by atoms with van der Waals surface area (Å²) in [4.78, 5) is 10.9. The Hall–Kier alpha value is -0.920. The smallest absolute Gasteiger partial charge is 0.347 e. The van der Waals surface area contributed by atoms with E-state index in [1.54, 1.807) is 12.3 Å². The van der Waals surface area contributed by atoms with E-state index in [0.717, 1.165) is 11.3 Å². The molecule has 0 fully saturated rings. The first kappa shape index (κ1) is 18.1. The second-order valence-electron chi connectivity index (χ2n) is 5.89. The number of hydrogen-bond acceptors (Lipinski definition) is 4. The maximum Gasteiger partial charge on any atom is 0.347 e. The Morgan fingerprint density at radius 1 is 1.29 bits per heavy atom. The fourth-order valence-corrected chi connectivity index (χ4v) is 5.13. The molecule has 0 unspecified atom stereocenters. The van der Waals surface area contributed by atoms with Gasteiger partial charge >= 0.3 is 5.97 Å². The fourth-order valence-electron chi connectivity index (χ4n) is 2.43. The van der Waals surface area contributed by atoms with Gasteiger partial charge in [0.2, 0.25) is 10.0 Å². The molecule has 0 bridgehead atoms. The molecule has 7 heteroatoms. The number of carboxylic acids is 1. The lowest BCUT2D eigenvalue weighted by atomic mass is 9.86. The van der Waals surface area contributed by atoms with Gasteiger partial charge in [-0.2, -0.15) is 0 Å². The molecule has 0 aliphatic rings. The number of aromatic carboxylic acids is 1. The van der Waals surface area contributed by atoms with Crippen LogP contribution in [-0.4, -0.2) is 26.0 Å². The van der Waals surface area contributed by atoms with Gasteiger partial charge in [-0.15, -0.1) is 11.3 Å². The van der Waals surface area contributed by atoms with Crippen LogP contribution in [0.15, 0.2) is 10.3 Å². The van der Waals surface area contributed by atoms with Crippen LogP contribution in [0.4, 0.5) is 0 Å². The molecular formula is C14H23NO4S2. The molecule has 1 heterocycles. The number of aryl methyl sites for hydroxylation is 1. The van der Waals surface area contributed by atoms with Gasteiger partial charge < -0.3 is 5.11 Å². The number of rotatable bonds is 7. The predicted octanol–water partition coefficient (Wildman–Crippen LogP) is 2.96. The van der Waals surface area contributed by atoms with Crippen LogP contribution in [0.2, 0.25) is 0 Å². The standard InChI is InChI=1S/C14H23NO4S2/c1-8(2)11(9(3)4)6-15-21(18,19)13-10(5)7-20-12(13)14(16)17/h7-9,11,15H,6H2,1-5H3,(H,16,17). The van der Waals surface area contributed by atoms with Gasteiger partial charge in [0.05, 0.1) is 0 Å². The van der Waals surface area contributed by atoms with Crippen LogP contribution >= 0.6 is 11.3 Å². The van der Waals surface area contributed by atoms with Gasteiger partial charge in [-0.25, -0.2) is 17.9 Å². The Balaban J connectivity index is 3.03. The SMILES string of the molecule is Cc1csc(C(=O)O)c1S(=O)(=O)NCC(C(C)C)C(C)C. The summed E-state index contributed by atoms with van der Waals surface area (Å²) in [6.07, 6.45) is 0. The van der Waals surface area contributed by atoms with Crippen molar-refractivity contribution in [3.8, 4) is 0 Å². The van der Waals surface area contributed by atoms with Gasteiger partial charge in [0, 0.05) is 6.54 Å². The molecule has 2 N–H and O–H groups in total. The molecular weight excluding hydrogens is 310 g/mol. The van der Waals surface area contributed by atoms with Crippen molar-refractivity contribution in [2.45, 2.75) is 39.5 Å². The summed E-state index contributed by atoms with van der Waals surface area (Å²) in [6.45, 7) is 10.1. The first-order chi connectivity index (χ1) is 9.58. The quantitative estimate of drug-likeness (QED) is 0.803. The van der Waals surface area contributed by atoms with E-state index in [-0.39, 0.29) is 15.7 Å². The highest BCUT2D eigenvalue weighted by Crippen LogP contribution is 2.27. The minimum atomic E-state index is -3.81. The first-order valence-electron chi connectivity index (χ1n) is 6.89. The lowest BCUT2D eigenvalue weighted by molar-refractivity contribution is 0.0698. The highest BCUT2D eigenvalue weighted by molar-refractivity contribution is 7.89. The molecule has 120 valence electrons. The van der Waals surface area contributed by atoms with Crippen LogP contribution in [-0.2, 0) is 10.0 Å². The zero-order valence-electron chi connectivity index (χ0n) is 13.0. The number of sulfonamides is 1. The maximum atomic E-state index is 12.4. The van der Waals surface area contributed by atoms with E-state index in [2.05, 4.69) is 32.4 Å². The van der Waals surface area contributed by atoms with Crippen LogP contribution < -0.4 is 4.72 Å². The average molecular weight is 333 g/mol. The summed E-state index contributed by atoms with van der Waals surface area (Å²) in [5.74, 6) is -0.324. The minimum absolute atomic E-state index is 0.105. The van der Waals surface area contributed by atoms with Gasteiger partial charge in [0.25, 0.3) is 0 Å². The third-order valence-corrected chi connectivity index (χ3v) is 6.43. The number of carboxylic acid groups (broad SMARTS) is 1. The van der Waals surface area contributed by atoms with Gasteiger partial charge in [-0.1, -0.05) is 27.7 Å². The summed E-state index contributed by atoms with van der Waals surface area (Å²) < 4.78 is 27.4. The Bertz CT molecular complexity index is 594. The lowest BCUT2D eigenvalue weighted by Gasteiger charge is -2.25. The number of thiophene rings is 1. The summed E-state index contributed by atoms with van der Waals surface area (Å²) in [5, 5.41) is 10.7. The molecule has 5 nitrogen and oxygen atoms in total. The lowest BCUT2D eigenvalue weighted by Crippen LogP contribution is -2.34. The maximum absolute atomic E-state index is 12.4. The van der Waals surface area contributed by atoms with Crippen molar-refractivity contribution in [3.05, 3.63) is 15.8 Å². The fraction of sp³-hybridized carbons (Fsp3) is 0.643. The van der Waals surface area contributed by atoms with Gasteiger partial charge in [-0.05, 0) is 35.6 Å². The topological polar surface area (TPSA) is 83.5 Å². The second kappa shape index (κ2) is 6.89. The number of carbonyl (C=O) groups is 1. The van der Waals surface area contributed by atoms with Gasteiger partial charge in [0.15, 0.2) is 0 Å². The van der Waals surface area contributed by atoms with Crippen molar-refractivity contribution in [3.63, 3.8) is 0 Å². The van der Waals surface area contributed by atoms with Gasteiger partial charge in [0.1, 0.15) is 9.77 Å². The third kappa shape index (κ3) is 4.28. The largest absolute Gasteiger partial charge is 0.477 e. The summed E-state index contributed by atoms with van der Waals surface area (Å²) in [5.41, 5.74) is 0.468. The normalized spacial score (nSPS) is 12.6. The molecule has 0 aliphatic heterocycles. The Labute approximate surface area is 130 Å². The summed E-state index contributed by atoms with van der Waals surface area (Å²) >= 11 is 0.939. The highest BCUT2D eigenvalue weighted by atomic mass is 32.2. The number of hydrogen-bond donors (Lipinski definition) is 2. The van der Waals surface area contributed by atoms with Crippen LogP contribution in [0, 0.1) is 24.7 Å². The van der Waals surface area contributed by atoms with Crippen molar-refractivity contribution in [1.82, 2.24) is 4.72 Å². The van der Waals surface area contributed by atoms with Crippen molar-refractivity contribution < 1.29 is 18.3 Å². The molecule has 1 aromatic heterocycles. The monoisotopic (exact) mass is 333 g/mol. The Morgan fingerprint density at radius 2 is 1.81 bits per heavy atom. The molecule has 21 heavy (non-hydrogen) atoms. The average Bonchev–Trinajstić information content (AvgIpc) is 2.70. The number of nitrogens with one attached hydrogen (secondary N) is 1. The molecule has 0 atom stereocenters. The van der Waals surface area contributed by atoms with Gasteiger partial charge in [-0.3, -0.25) is 0 Å². The molecule has 0 saturated carbocycles. The highest BCUT2D eigenvalue weighted by Gasteiger charge is 2.28.